The van der Waals surface area contributed by atoms with Crippen molar-refractivity contribution in [3.8, 4) is 11.5 Å². The maximum Gasteiger partial charge on any atom is 0.347 e. The van der Waals surface area contributed by atoms with Gasteiger partial charge < -0.3 is 4.42 Å². The zero-order valence-electron chi connectivity index (χ0n) is 15.9. The van der Waals surface area contributed by atoms with Crippen molar-refractivity contribution in [2.45, 2.75) is 0 Å². The highest BCUT2D eigenvalue weighted by atomic mass is 35.5. The lowest BCUT2D eigenvalue weighted by Gasteiger charge is -2.14. The highest BCUT2D eigenvalue weighted by Crippen LogP contribution is 2.32. The predicted octanol–water partition coefficient (Wildman–Crippen LogP) is 4.22. The lowest BCUT2D eigenvalue weighted by molar-refractivity contribution is -0.384. The third-order valence-corrected chi connectivity index (χ3v) is 5.26. The number of hydrogen-bond acceptors (Lipinski definition) is 7. The van der Waals surface area contributed by atoms with Gasteiger partial charge in [-0.15, -0.1) is 0 Å². The number of nitro groups is 1. The molecule has 3 aromatic carbocycles. The largest absolute Gasteiger partial charge is 0.403 e. The van der Waals surface area contributed by atoms with Gasteiger partial charge in [-0.05, 0) is 42.5 Å². The Kier molecular flexibility index (Phi) is 4.35. The number of non-ortho nitro benzene ring substituents is 1. The smallest absolute Gasteiger partial charge is 0.347 e. The Hall–Kier alpha value is -4.37. The molecule has 156 valence electrons. The predicted molar refractivity (Wildman–Crippen MR) is 115 cm³/mol. The van der Waals surface area contributed by atoms with Crippen molar-refractivity contribution in [1.29, 1.82) is 0 Å². The van der Waals surface area contributed by atoms with E-state index in [1.165, 1.54) is 36.4 Å². The molecule has 1 aromatic heterocycles. The molecule has 0 saturated carbocycles. The first-order valence-electron chi connectivity index (χ1n) is 9.21. The molecule has 2 amide bonds. The van der Waals surface area contributed by atoms with E-state index in [0.717, 1.165) is 11.0 Å². The topological polar surface area (TPSA) is 124 Å². The number of fused-ring (bicyclic) bond motifs is 2. The molecule has 0 bridgehead atoms. The molecule has 4 aromatic rings. The van der Waals surface area contributed by atoms with Gasteiger partial charge in [0.05, 0.1) is 32.6 Å². The van der Waals surface area contributed by atoms with Gasteiger partial charge in [-0.25, -0.2) is 14.7 Å². The zero-order valence-corrected chi connectivity index (χ0v) is 16.7. The van der Waals surface area contributed by atoms with E-state index >= 15 is 0 Å². The second kappa shape index (κ2) is 7.10. The molecule has 0 spiro atoms. The number of carbonyl (C=O) groups is 2. The molecule has 10 heteroatoms. The number of rotatable bonds is 3. The van der Waals surface area contributed by atoms with Crippen LogP contribution in [0.25, 0.3) is 22.4 Å². The normalized spacial score (nSPS) is 13.0. The third kappa shape index (κ3) is 3.03. The van der Waals surface area contributed by atoms with Crippen molar-refractivity contribution in [1.82, 2.24) is 4.98 Å². The zero-order chi connectivity index (χ0) is 22.6. The standard InChI is InChI=1S/C22H10ClN3O6/c23-12-4-6-16-18(9-12)24-19(32-22(16)29)11-2-1-3-13(8-11)25-20(27)15-7-5-14(26(30)31)10-17(15)21(25)28/h1-10H. The number of hydrogen-bond donors (Lipinski definition) is 0. The fourth-order valence-electron chi connectivity index (χ4n) is 3.52. The van der Waals surface area contributed by atoms with Crippen LogP contribution in [0.2, 0.25) is 5.02 Å². The molecule has 0 N–H and O–H groups in total. The summed E-state index contributed by atoms with van der Waals surface area (Å²) in [7, 11) is 0. The van der Waals surface area contributed by atoms with Crippen molar-refractivity contribution in [2.75, 3.05) is 4.90 Å². The molecule has 9 nitrogen and oxygen atoms in total. The minimum atomic E-state index is -0.689. The number of aromatic nitrogens is 1. The van der Waals surface area contributed by atoms with Gasteiger partial charge in [-0.1, -0.05) is 17.7 Å². The highest BCUT2D eigenvalue weighted by Gasteiger charge is 2.38. The summed E-state index contributed by atoms with van der Waals surface area (Å²) < 4.78 is 5.32. The van der Waals surface area contributed by atoms with Crippen LogP contribution in [0.15, 0.2) is 69.9 Å². The Morgan fingerprint density at radius 1 is 0.938 bits per heavy atom. The summed E-state index contributed by atoms with van der Waals surface area (Å²) in [5.41, 5.74) is -0.00442. The number of halogens is 1. The van der Waals surface area contributed by atoms with Crippen LogP contribution in [0.1, 0.15) is 20.7 Å². The third-order valence-electron chi connectivity index (χ3n) is 5.02. The Bertz CT molecular complexity index is 1540. The first kappa shape index (κ1) is 19.6. The van der Waals surface area contributed by atoms with Gasteiger partial charge >= 0.3 is 5.63 Å². The Labute approximate surface area is 183 Å². The molecule has 0 aliphatic carbocycles. The van der Waals surface area contributed by atoms with Crippen LogP contribution in [-0.4, -0.2) is 21.7 Å². The van der Waals surface area contributed by atoms with Crippen LogP contribution in [0.3, 0.4) is 0 Å². The van der Waals surface area contributed by atoms with E-state index < -0.39 is 22.4 Å². The van der Waals surface area contributed by atoms with Crippen LogP contribution < -0.4 is 10.5 Å². The summed E-state index contributed by atoms with van der Waals surface area (Å²) in [6.45, 7) is 0. The molecule has 5 rings (SSSR count). The van der Waals surface area contributed by atoms with Crippen LogP contribution in [-0.2, 0) is 0 Å². The summed E-state index contributed by atoms with van der Waals surface area (Å²) in [6.07, 6.45) is 0. The molecule has 0 saturated heterocycles. The number of imide groups is 1. The van der Waals surface area contributed by atoms with Crippen LogP contribution in [0.4, 0.5) is 11.4 Å². The van der Waals surface area contributed by atoms with Crippen LogP contribution in [0, 0.1) is 10.1 Å². The number of nitro benzene ring substituents is 1. The van der Waals surface area contributed by atoms with Gasteiger partial charge in [0.15, 0.2) is 0 Å². The van der Waals surface area contributed by atoms with Crippen molar-refractivity contribution >= 4 is 45.7 Å². The summed E-state index contributed by atoms with van der Waals surface area (Å²) in [5.74, 6) is -1.32. The lowest BCUT2D eigenvalue weighted by atomic mass is 10.1. The molecule has 1 aliphatic rings. The SMILES string of the molecule is O=C1c2ccc([N+](=O)[O-])cc2C(=O)N1c1cccc(-c2nc3cc(Cl)ccc3c(=O)o2)c1. The maximum atomic E-state index is 12.9. The lowest BCUT2D eigenvalue weighted by Crippen LogP contribution is -2.29. The number of benzene rings is 3. The average molecular weight is 448 g/mol. The average Bonchev–Trinajstić information content (AvgIpc) is 3.03. The Morgan fingerprint density at radius 3 is 2.50 bits per heavy atom. The van der Waals surface area contributed by atoms with Gasteiger partial charge in [0.2, 0.25) is 5.89 Å². The summed E-state index contributed by atoms with van der Waals surface area (Å²) in [5, 5.41) is 11.7. The number of carbonyl (C=O) groups excluding carboxylic acids is 2. The minimum Gasteiger partial charge on any atom is -0.403 e. The van der Waals surface area contributed by atoms with Gasteiger partial charge in [0, 0.05) is 22.7 Å². The summed E-state index contributed by atoms with van der Waals surface area (Å²) >= 11 is 5.99. The van der Waals surface area contributed by atoms with E-state index in [1.807, 2.05) is 0 Å². The van der Waals surface area contributed by atoms with Crippen molar-refractivity contribution < 1.29 is 18.9 Å². The molecule has 1 aliphatic heterocycles. The molecule has 0 fully saturated rings. The monoisotopic (exact) mass is 447 g/mol. The van der Waals surface area contributed by atoms with E-state index in [1.54, 1.807) is 18.2 Å². The summed E-state index contributed by atoms with van der Waals surface area (Å²) in [6, 6.07) is 14.3. The Morgan fingerprint density at radius 2 is 1.72 bits per heavy atom. The van der Waals surface area contributed by atoms with Crippen molar-refractivity contribution in [3.63, 3.8) is 0 Å². The Balaban J connectivity index is 1.58. The quantitative estimate of drug-likeness (QED) is 0.261. The van der Waals surface area contributed by atoms with Gasteiger partial charge in [-0.3, -0.25) is 19.7 Å². The second-order valence-corrected chi connectivity index (χ2v) is 7.39. The van der Waals surface area contributed by atoms with E-state index in [-0.39, 0.29) is 33.8 Å². The highest BCUT2D eigenvalue weighted by molar-refractivity contribution is 6.34. The second-order valence-electron chi connectivity index (χ2n) is 6.95. The molecule has 0 unspecified atom stereocenters. The molecular formula is C22H10ClN3O6. The first-order chi connectivity index (χ1) is 15.3. The van der Waals surface area contributed by atoms with Crippen LogP contribution >= 0.6 is 11.6 Å². The van der Waals surface area contributed by atoms with Crippen molar-refractivity contribution in [2.24, 2.45) is 0 Å². The molecule has 0 atom stereocenters. The van der Waals surface area contributed by atoms with Crippen LogP contribution in [0.5, 0.6) is 0 Å². The number of anilines is 1. The van der Waals surface area contributed by atoms with E-state index in [0.29, 0.717) is 16.1 Å². The first-order valence-corrected chi connectivity index (χ1v) is 9.59. The molecule has 32 heavy (non-hydrogen) atoms. The maximum absolute atomic E-state index is 12.9. The molecule has 2 heterocycles. The van der Waals surface area contributed by atoms with Gasteiger partial charge in [-0.2, -0.15) is 0 Å². The van der Waals surface area contributed by atoms with E-state index in [2.05, 4.69) is 4.98 Å². The minimum absolute atomic E-state index is 0.0149. The number of amides is 2. The summed E-state index contributed by atoms with van der Waals surface area (Å²) in [4.78, 5) is 53.7. The fourth-order valence-corrected chi connectivity index (χ4v) is 3.69. The molecule has 0 radical (unpaired) electrons. The van der Waals surface area contributed by atoms with Crippen molar-refractivity contribution in [3.05, 3.63) is 97.3 Å². The number of nitrogens with zero attached hydrogens (tertiary/aromatic N) is 3. The fraction of sp³-hybridized carbons (Fsp3) is 0. The van der Waals surface area contributed by atoms with Gasteiger partial charge in [0.1, 0.15) is 0 Å². The van der Waals surface area contributed by atoms with E-state index in [9.17, 15) is 24.5 Å². The van der Waals surface area contributed by atoms with Gasteiger partial charge in [0.25, 0.3) is 17.5 Å². The molecular weight excluding hydrogens is 438 g/mol. The van der Waals surface area contributed by atoms with E-state index in [4.69, 9.17) is 16.0 Å².